The Morgan fingerprint density at radius 3 is 2.79 bits per heavy atom. The standard InChI is InChI=1S/C16H16FN5OS/c1-10(20-15(23)21-16-19-6-8-24-16)12-3-4-14(13(17)9-12)22-7-5-18-11(22)2/h3-10H,1-2H3,(H2,19,20,21,23)/t10-/m0/s1. The minimum absolute atomic E-state index is 0.350. The molecule has 0 bridgehead atoms. The van der Waals surface area contributed by atoms with Crippen molar-refractivity contribution in [3.63, 3.8) is 0 Å². The fourth-order valence-electron chi connectivity index (χ4n) is 2.32. The zero-order valence-corrected chi connectivity index (χ0v) is 14.0. The summed E-state index contributed by atoms with van der Waals surface area (Å²) in [5.41, 5.74) is 1.09. The van der Waals surface area contributed by atoms with E-state index in [0.717, 1.165) is 0 Å². The van der Waals surface area contributed by atoms with Crippen molar-refractivity contribution < 1.29 is 9.18 Å². The van der Waals surface area contributed by atoms with Crippen LogP contribution in [0.25, 0.3) is 5.69 Å². The van der Waals surface area contributed by atoms with Crippen molar-refractivity contribution in [2.75, 3.05) is 5.32 Å². The predicted octanol–water partition coefficient (Wildman–Crippen LogP) is 3.66. The molecule has 0 spiro atoms. The van der Waals surface area contributed by atoms with Crippen molar-refractivity contribution in [1.82, 2.24) is 19.9 Å². The van der Waals surface area contributed by atoms with Gasteiger partial charge < -0.3 is 9.88 Å². The monoisotopic (exact) mass is 345 g/mol. The predicted molar refractivity (Wildman–Crippen MR) is 90.9 cm³/mol. The van der Waals surface area contributed by atoms with E-state index in [4.69, 9.17) is 0 Å². The number of rotatable bonds is 4. The number of anilines is 1. The van der Waals surface area contributed by atoms with Gasteiger partial charge in [-0.15, -0.1) is 11.3 Å². The third-order valence-electron chi connectivity index (χ3n) is 3.56. The summed E-state index contributed by atoms with van der Waals surface area (Å²) in [6.45, 7) is 3.60. The van der Waals surface area contributed by atoms with Crippen molar-refractivity contribution in [2.45, 2.75) is 19.9 Å². The Labute approximate surface area is 142 Å². The van der Waals surface area contributed by atoms with Gasteiger partial charge in [0.25, 0.3) is 0 Å². The molecule has 6 nitrogen and oxygen atoms in total. The summed E-state index contributed by atoms with van der Waals surface area (Å²) in [5.74, 6) is 0.332. The molecule has 0 aliphatic heterocycles. The average molecular weight is 345 g/mol. The fraction of sp³-hybridized carbons (Fsp3) is 0.188. The number of hydrogen-bond acceptors (Lipinski definition) is 4. The van der Waals surface area contributed by atoms with Crippen molar-refractivity contribution in [1.29, 1.82) is 0 Å². The molecular formula is C16H16FN5OS. The summed E-state index contributed by atoms with van der Waals surface area (Å²) in [6, 6.07) is 4.15. The number of carbonyl (C=O) groups is 1. The van der Waals surface area contributed by atoms with Crippen LogP contribution in [0, 0.1) is 12.7 Å². The molecule has 0 radical (unpaired) electrons. The van der Waals surface area contributed by atoms with E-state index < -0.39 is 0 Å². The topological polar surface area (TPSA) is 71.8 Å². The lowest BCUT2D eigenvalue weighted by atomic mass is 10.1. The van der Waals surface area contributed by atoms with Crippen LogP contribution >= 0.6 is 11.3 Å². The van der Waals surface area contributed by atoms with Crippen LogP contribution in [0.15, 0.2) is 42.2 Å². The first kappa shape index (κ1) is 16.1. The van der Waals surface area contributed by atoms with Crippen LogP contribution in [-0.4, -0.2) is 20.6 Å². The van der Waals surface area contributed by atoms with E-state index in [1.165, 1.54) is 17.4 Å². The van der Waals surface area contributed by atoms with Gasteiger partial charge in [0, 0.05) is 24.0 Å². The van der Waals surface area contributed by atoms with Gasteiger partial charge in [-0.25, -0.2) is 19.2 Å². The summed E-state index contributed by atoms with van der Waals surface area (Å²) in [6.07, 6.45) is 4.93. The van der Waals surface area contributed by atoms with Crippen LogP contribution in [0.5, 0.6) is 0 Å². The van der Waals surface area contributed by atoms with Crippen LogP contribution in [0.3, 0.4) is 0 Å². The molecule has 2 amide bonds. The van der Waals surface area contributed by atoms with Gasteiger partial charge in [-0.1, -0.05) is 6.07 Å². The minimum atomic E-state index is -0.382. The maximum absolute atomic E-state index is 14.4. The smallest absolute Gasteiger partial charge is 0.321 e. The van der Waals surface area contributed by atoms with E-state index in [0.29, 0.717) is 22.2 Å². The number of urea groups is 1. The molecular weight excluding hydrogens is 329 g/mol. The highest BCUT2D eigenvalue weighted by Crippen LogP contribution is 2.21. The normalized spacial score (nSPS) is 12.0. The Hall–Kier alpha value is -2.74. The number of imidazole rings is 1. The maximum Gasteiger partial charge on any atom is 0.321 e. The molecule has 0 fully saturated rings. The summed E-state index contributed by atoms with van der Waals surface area (Å²) in [4.78, 5) is 20.0. The molecule has 2 heterocycles. The minimum Gasteiger partial charge on any atom is -0.331 e. The molecule has 0 saturated carbocycles. The molecule has 1 atom stereocenters. The first-order valence-electron chi connectivity index (χ1n) is 7.31. The zero-order chi connectivity index (χ0) is 17.1. The molecule has 2 aromatic heterocycles. The first-order chi connectivity index (χ1) is 11.5. The lowest BCUT2D eigenvalue weighted by molar-refractivity contribution is 0.249. The Morgan fingerprint density at radius 1 is 1.33 bits per heavy atom. The SMILES string of the molecule is Cc1nccn1-c1ccc([C@H](C)NC(=O)Nc2nccs2)cc1F. The molecule has 124 valence electrons. The number of nitrogens with zero attached hydrogens (tertiary/aromatic N) is 3. The number of benzene rings is 1. The van der Waals surface area contributed by atoms with Gasteiger partial charge in [0.1, 0.15) is 11.6 Å². The molecule has 8 heteroatoms. The zero-order valence-electron chi connectivity index (χ0n) is 13.2. The van der Waals surface area contributed by atoms with Gasteiger partial charge in [0.05, 0.1) is 11.7 Å². The van der Waals surface area contributed by atoms with Gasteiger partial charge in [-0.2, -0.15) is 0 Å². The largest absolute Gasteiger partial charge is 0.331 e. The highest BCUT2D eigenvalue weighted by atomic mass is 32.1. The second kappa shape index (κ2) is 6.79. The van der Waals surface area contributed by atoms with Crippen LogP contribution < -0.4 is 10.6 Å². The van der Waals surface area contributed by atoms with E-state index in [-0.39, 0.29) is 17.9 Å². The number of nitrogens with one attached hydrogen (secondary N) is 2. The number of amides is 2. The third-order valence-corrected chi connectivity index (χ3v) is 4.25. The van der Waals surface area contributed by atoms with Crippen LogP contribution in [0.4, 0.5) is 14.3 Å². The molecule has 24 heavy (non-hydrogen) atoms. The maximum atomic E-state index is 14.4. The average Bonchev–Trinajstić information content (AvgIpc) is 3.19. The number of aryl methyl sites for hydroxylation is 1. The van der Waals surface area contributed by atoms with Crippen LogP contribution in [0.1, 0.15) is 24.4 Å². The van der Waals surface area contributed by atoms with Crippen LogP contribution in [-0.2, 0) is 0 Å². The second-order valence-corrected chi connectivity index (χ2v) is 6.11. The van der Waals surface area contributed by atoms with Crippen molar-refractivity contribution in [2.24, 2.45) is 0 Å². The highest BCUT2D eigenvalue weighted by Gasteiger charge is 2.14. The lowest BCUT2D eigenvalue weighted by Gasteiger charge is -2.16. The third kappa shape index (κ3) is 3.43. The highest BCUT2D eigenvalue weighted by molar-refractivity contribution is 7.13. The van der Waals surface area contributed by atoms with Crippen LogP contribution in [0.2, 0.25) is 0 Å². The van der Waals surface area contributed by atoms with E-state index >= 15 is 0 Å². The molecule has 2 N–H and O–H groups in total. The Bertz CT molecular complexity index is 846. The van der Waals surface area contributed by atoms with Gasteiger partial charge in [0.2, 0.25) is 0 Å². The Balaban J connectivity index is 1.71. The Kier molecular flexibility index (Phi) is 4.57. The molecule has 0 aliphatic rings. The number of carbonyl (C=O) groups excluding carboxylic acids is 1. The molecule has 3 aromatic rings. The lowest BCUT2D eigenvalue weighted by Crippen LogP contribution is -2.31. The molecule has 0 saturated heterocycles. The molecule has 1 aromatic carbocycles. The van der Waals surface area contributed by atoms with Crippen molar-refractivity contribution in [3.05, 3.63) is 59.4 Å². The van der Waals surface area contributed by atoms with Gasteiger partial charge in [-0.3, -0.25) is 5.32 Å². The number of hydrogen-bond donors (Lipinski definition) is 2. The van der Waals surface area contributed by atoms with Crippen molar-refractivity contribution in [3.8, 4) is 5.69 Å². The quantitative estimate of drug-likeness (QED) is 0.758. The van der Waals surface area contributed by atoms with E-state index in [1.54, 1.807) is 54.5 Å². The Morgan fingerprint density at radius 2 is 2.17 bits per heavy atom. The fourth-order valence-corrected chi connectivity index (χ4v) is 2.84. The van der Waals surface area contributed by atoms with E-state index in [1.807, 2.05) is 0 Å². The summed E-state index contributed by atoms with van der Waals surface area (Å²) in [7, 11) is 0. The van der Waals surface area contributed by atoms with E-state index in [9.17, 15) is 9.18 Å². The molecule has 0 unspecified atom stereocenters. The number of aromatic nitrogens is 3. The summed E-state index contributed by atoms with van der Waals surface area (Å²) >= 11 is 1.33. The first-order valence-corrected chi connectivity index (χ1v) is 8.19. The van der Waals surface area contributed by atoms with Gasteiger partial charge in [-0.05, 0) is 31.5 Å². The second-order valence-electron chi connectivity index (χ2n) is 5.21. The molecule has 0 aliphatic carbocycles. The number of halogens is 1. The summed E-state index contributed by atoms with van der Waals surface area (Å²) < 4.78 is 16.1. The molecule has 3 rings (SSSR count). The van der Waals surface area contributed by atoms with E-state index in [2.05, 4.69) is 20.6 Å². The van der Waals surface area contributed by atoms with Gasteiger partial charge in [0.15, 0.2) is 5.13 Å². The summed E-state index contributed by atoms with van der Waals surface area (Å²) in [5, 5.41) is 7.67. The van der Waals surface area contributed by atoms with Crippen molar-refractivity contribution >= 4 is 22.5 Å². The van der Waals surface area contributed by atoms with Gasteiger partial charge >= 0.3 is 6.03 Å². The number of thiazole rings is 1.